The first kappa shape index (κ1) is 14.0. The quantitative estimate of drug-likeness (QED) is 0.733. The Morgan fingerprint density at radius 3 is 2.81 bits per heavy atom. The van der Waals surface area contributed by atoms with Gasteiger partial charge in [-0.2, -0.15) is 0 Å². The molecule has 2 bridgehead atoms. The first-order valence-electron chi connectivity index (χ1n) is 8.58. The van der Waals surface area contributed by atoms with E-state index in [1.165, 1.54) is 6.42 Å². The van der Waals surface area contributed by atoms with Crippen LogP contribution in [-0.2, 0) is 19.0 Å². The molecule has 3 aliphatic heterocycles. The van der Waals surface area contributed by atoms with Gasteiger partial charge in [0.1, 0.15) is 5.60 Å². The van der Waals surface area contributed by atoms with Crippen molar-refractivity contribution in [1.82, 2.24) is 0 Å². The first-order chi connectivity index (χ1) is 10.00. The fourth-order valence-corrected chi connectivity index (χ4v) is 5.51. The van der Waals surface area contributed by atoms with Crippen molar-refractivity contribution in [2.45, 2.75) is 77.0 Å². The van der Waals surface area contributed by atoms with E-state index in [-0.39, 0.29) is 23.4 Å². The molecule has 1 spiro atoms. The summed E-state index contributed by atoms with van der Waals surface area (Å²) in [6.45, 7) is 6.47. The van der Waals surface area contributed by atoms with E-state index in [0.29, 0.717) is 11.8 Å². The van der Waals surface area contributed by atoms with Crippen LogP contribution >= 0.6 is 0 Å². The van der Waals surface area contributed by atoms with Gasteiger partial charge >= 0.3 is 5.97 Å². The average Bonchev–Trinajstić information content (AvgIpc) is 2.65. The Hall–Kier alpha value is -0.610. The van der Waals surface area contributed by atoms with Crippen LogP contribution in [0.25, 0.3) is 0 Å². The molecule has 4 aliphatic rings. The van der Waals surface area contributed by atoms with Crippen molar-refractivity contribution in [3.63, 3.8) is 0 Å². The Bertz CT molecular complexity index is 464. The fourth-order valence-electron chi connectivity index (χ4n) is 5.51. The average molecular weight is 294 g/mol. The van der Waals surface area contributed by atoms with E-state index in [1.807, 2.05) is 6.92 Å². The monoisotopic (exact) mass is 294 g/mol. The lowest BCUT2D eigenvalue weighted by molar-refractivity contribution is -0.265. The third kappa shape index (κ3) is 1.72. The Morgan fingerprint density at radius 1 is 1.24 bits per heavy atom. The van der Waals surface area contributed by atoms with E-state index in [2.05, 4.69) is 13.8 Å². The molecule has 4 rings (SSSR count). The molecule has 0 aromatic carbocycles. The molecule has 4 heteroatoms. The summed E-state index contributed by atoms with van der Waals surface area (Å²) in [5.41, 5.74) is -0.377. The molecule has 1 saturated carbocycles. The van der Waals surface area contributed by atoms with Gasteiger partial charge in [0.15, 0.2) is 5.79 Å². The van der Waals surface area contributed by atoms with E-state index < -0.39 is 12.1 Å². The van der Waals surface area contributed by atoms with Gasteiger partial charge in [0.25, 0.3) is 0 Å². The lowest BCUT2D eigenvalue weighted by Crippen LogP contribution is -2.65. The van der Waals surface area contributed by atoms with Crippen molar-refractivity contribution in [3.8, 4) is 0 Å². The predicted molar refractivity (Wildman–Crippen MR) is 76.2 cm³/mol. The molecule has 0 radical (unpaired) electrons. The summed E-state index contributed by atoms with van der Waals surface area (Å²) in [6, 6.07) is 0. The first-order valence-corrected chi connectivity index (χ1v) is 8.58. The maximum Gasteiger partial charge on any atom is 0.311 e. The third-order valence-corrected chi connectivity index (χ3v) is 6.42. The molecule has 0 aromatic rings. The minimum absolute atomic E-state index is 0.00898. The normalized spacial score (nSPS) is 55.0. The lowest BCUT2D eigenvalue weighted by Gasteiger charge is -2.56. The number of carbonyl (C=O) groups is 1. The van der Waals surface area contributed by atoms with Gasteiger partial charge in [-0.15, -0.1) is 0 Å². The summed E-state index contributed by atoms with van der Waals surface area (Å²) in [5, 5.41) is 0. The number of fused-ring (bicyclic) bond motifs is 1. The van der Waals surface area contributed by atoms with Gasteiger partial charge in [-0.3, -0.25) is 4.79 Å². The summed E-state index contributed by atoms with van der Waals surface area (Å²) in [6.07, 6.45) is 5.71. The molecule has 21 heavy (non-hydrogen) atoms. The maximum absolute atomic E-state index is 12.4. The third-order valence-electron chi connectivity index (χ3n) is 6.42. The van der Waals surface area contributed by atoms with Crippen molar-refractivity contribution in [2.75, 3.05) is 0 Å². The van der Waals surface area contributed by atoms with Crippen molar-refractivity contribution < 1.29 is 19.0 Å². The second kappa shape index (κ2) is 4.45. The van der Waals surface area contributed by atoms with Crippen LogP contribution in [-0.4, -0.2) is 23.6 Å². The molecule has 4 nitrogen and oxygen atoms in total. The van der Waals surface area contributed by atoms with Crippen LogP contribution in [0.5, 0.6) is 0 Å². The van der Waals surface area contributed by atoms with Gasteiger partial charge in [-0.1, -0.05) is 20.3 Å². The van der Waals surface area contributed by atoms with Gasteiger partial charge in [0.05, 0.1) is 5.92 Å². The van der Waals surface area contributed by atoms with Crippen LogP contribution in [0.1, 0.15) is 59.3 Å². The zero-order valence-electron chi connectivity index (χ0n) is 13.3. The molecule has 0 unspecified atom stereocenters. The van der Waals surface area contributed by atoms with Crippen LogP contribution in [0.15, 0.2) is 0 Å². The smallest absolute Gasteiger partial charge is 0.311 e. The van der Waals surface area contributed by atoms with Gasteiger partial charge in [0.2, 0.25) is 6.29 Å². The van der Waals surface area contributed by atoms with E-state index >= 15 is 0 Å². The van der Waals surface area contributed by atoms with E-state index in [9.17, 15) is 4.79 Å². The number of hydrogen-bond acceptors (Lipinski definition) is 4. The molecule has 3 heterocycles. The summed E-state index contributed by atoms with van der Waals surface area (Å²) in [4.78, 5) is 12.4. The van der Waals surface area contributed by atoms with Crippen LogP contribution in [0.3, 0.4) is 0 Å². The standard InChI is InChI=1S/C17H26O4/c1-4-5-11-13-7-6-10(2)12-8-9-16(3)20-15(19-14(11)18)17(12,13)21-16/h10-13,15H,4-9H2,1-3H3/t10-,11-,12+,13+,15-,16-,17-/m1/s1. The van der Waals surface area contributed by atoms with Crippen molar-refractivity contribution in [2.24, 2.45) is 23.7 Å². The molecule has 0 N–H and O–H groups in total. The van der Waals surface area contributed by atoms with Crippen molar-refractivity contribution >= 4 is 5.97 Å². The number of esters is 1. The summed E-state index contributed by atoms with van der Waals surface area (Å²) in [5.74, 6) is 0.721. The molecule has 0 amide bonds. The van der Waals surface area contributed by atoms with Crippen LogP contribution in [0, 0.1) is 23.7 Å². The summed E-state index contributed by atoms with van der Waals surface area (Å²) >= 11 is 0. The van der Waals surface area contributed by atoms with Crippen LogP contribution in [0.2, 0.25) is 0 Å². The topological polar surface area (TPSA) is 44.8 Å². The summed E-state index contributed by atoms with van der Waals surface area (Å²) in [7, 11) is 0. The largest absolute Gasteiger partial charge is 0.432 e. The second-order valence-corrected chi connectivity index (χ2v) is 7.68. The van der Waals surface area contributed by atoms with E-state index in [4.69, 9.17) is 14.2 Å². The van der Waals surface area contributed by atoms with Crippen LogP contribution in [0.4, 0.5) is 0 Å². The molecular formula is C17H26O4. The molecule has 4 fully saturated rings. The molecule has 7 atom stereocenters. The highest BCUT2D eigenvalue weighted by Gasteiger charge is 2.72. The van der Waals surface area contributed by atoms with Crippen LogP contribution < -0.4 is 0 Å². The Labute approximate surface area is 126 Å². The molecule has 3 saturated heterocycles. The highest BCUT2D eigenvalue weighted by Crippen LogP contribution is 2.63. The van der Waals surface area contributed by atoms with Gasteiger partial charge in [-0.05, 0) is 44.4 Å². The minimum atomic E-state index is -0.558. The molecular weight excluding hydrogens is 268 g/mol. The van der Waals surface area contributed by atoms with E-state index in [1.54, 1.807) is 0 Å². The highest BCUT2D eigenvalue weighted by molar-refractivity contribution is 5.74. The number of rotatable bonds is 2. The highest BCUT2D eigenvalue weighted by atomic mass is 16.8. The zero-order chi connectivity index (χ0) is 14.8. The zero-order valence-corrected chi connectivity index (χ0v) is 13.3. The molecule has 0 aromatic heterocycles. The second-order valence-electron chi connectivity index (χ2n) is 7.68. The summed E-state index contributed by atoms with van der Waals surface area (Å²) < 4.78 is 18.4. The maximum atomic E-state index is 12.4. The number of carbonyl (C=O) groups excluding carboxylic acids is 1. The van der Waals surface area contributed by atoms with E-state index in [0.717, 1.165) is 32.1 Å². The number of ether oxygens (including phenoxy) is 3. The minimum Gasteiger partial charge on any atom is -0.432 e. The SMILES string of the molecule is CCC[C@H]1C(=O)O[C@@H]2O[C@@]3(C)CC[C@H]4[C@H](C)CC[C@@H]1[C@@]24O3. The van der Waals surface area contributed by atoms with Gasteiger partial charge < -0.3 is 14.2 Å². The van der Waals surface area contributed by atoms with Crippen molar-refractivity contribution in [1.29, 1.82) is 0 Å². The predicted octanol–water partition coefficient (Wildman–Crippen LogP) is 3.24. The van der Waals surface area contributed by atoms with Crippen molar-refractivity contribution in [3.05, 3.63) is 0 Å². The molecule has 118 valence electrons. The lowest BCUT2D eigenvalue weighted by atomic mass is 9.56. The Morgan fingerprint density at radius 2 is 2.05 bits per heavy atom. The Balaban J connectivity index is 1.78. The fraction of sp³-hybridized carbons (Fsp3) is 0.941. The Kier molecular flexibility index (Phi) is 2.97. The molecule has 1 aliphatic carbocycles. The van der Waals surface area contributed by atoms with Gasteiger partial charge in [0, 0.05) is 12.3 Å². The number of hydrogen-bond donors (Lipinski definition) is 0. The van der Waals surface area contributed by atoms with Gasteiger partial charge in [-0.25, -0.2) is 0 Å².